The highest BCUT2D eigenvalue weighted by molar-refractivity contribution is 5.98. The first-order chi connectivity index (χ1) is 21.6. The van der Waals surface area contributed by atoms with E-state index in [4.69, 9.17) is 9.47 Å². The number of ether oxygens (including phenoxy) is 2. The fourth-order valence-corrected chi connectivity index (χ4v) is 5.27. The van der Waals surface area contributed by atoms with Gasteiger partial charge in [-0.05, 0) is 43.0 Å². The second-order valence-corrected chi connectivity index (χ2v) is 11.6. The van der Waals surface area contributed by atoms with E-state index in [1.165, 1.54) is 6.92 Å². The van der Waals surface area contributed by atoms with E-state index in [1.807, 2.05) is 103 Å². The molecule has 1 fully saturated rings. The number of carbonyl (C=O) groups excluding carboxylic acids is 4. The first kappa shape index (κ1) is 31.5. The quantitative estimate of drug-likeness (QED) is 0.198. The van der Waals surface area contributed by atoms with Crippen molar-refractivity contribution in [1.29, 1.82) is 0 Å². The van der Waals surface area contributed by atoms with Gasteiger partial charge in [0, 0.05) is 30.6 Å². The maximum absolute atomic E-state index is 13.9. The summed E-state index contributed by atoms with van der Waals surface area (Å²) in [6, 6.07) is 23.5. The van der Waals surface area contributed by atoms with Crippen molar-refractivity contribution in [3.05, 3.63) is 108 Å². The number of nitrogens with one attached hydrogen (secondary N) is 3. The fraction of sp³-hybridized carbons (Fsp3) is 0.314. The maximum atomic E-state index is 13.9. The Balaban J connectivity index is 1.33. The second-order valence-electron chi connectivity index (χ2n) is 11.6. The van der Waals surface area contributed by atoms with Crippen LogP contribution in [0.4, 0.5) is 4.79 Å². The topological polar surface area (TPSA) is 131 Å². The highest BCUT2D eigenvalue weighted by Crippen LogP contribution is 2.29. The largest absolute Gasteiger partial charge is 0.445 e. The van der Waals surface area contributed by atoms with Gasteiger partial charge in [-0.3, -0.25) is 14.4 Å². The second kappa shape index (κ2) is 13.8. The summed E-state index contributed by atoms with van der Waals surface area (Å²) in [5.74, 6) is -1.32. The third-order valence-corrected chi connectivity index (χ3v) is 7.99. The Bertz CT molecular complexity index is 1670. The van der Waals surface area contributed by atoms with E-state index in [-0.39, 0.29) is 31.8 Å². The first-order valence-corrected chi connectivity index (χ1v) is 15.0. The van der Waals surface area contributed by atoms with Crippen molar-refractivity contribution in [1.82, 2.24) is 20.5 Å². The van der Waals surface area contributed by atoms with Crippen LogP contribution >= 0.6 is 0 Å². The number of aryl methyl sites for hydroxylation is 1. The Morgan fingerprint density at radius 2 is 1.42 bits per heavy atom. The molecule has 234 valence electrons. The Morgan fingerprint density at radius 3 is 2.09 bits per heavy atom. The molecule has 0 spiro atoms. The molecular formula is C35H38N4O6. The fourth-order valence-electron chi connectivity index (χ4n) is 5.27. The lowest BCUT2D eigenvalue weighted by Gasteiger charge is -2.25. The van der Waals surface area contributed by atoms with Crippen LogP contribution in [0.5, 0.6) is 0 Å². The van der Waals surface area contributed by atoms with Crippen molar-refractivity contribution in [3.63, 3.8) is 0 Å². The molecule has 1 aliphatic heterocycles. The van der Waals surface area contributed by atoms with Gasteiger partial charge < -0.3 is 30.0 Å². The minimum Gasteiger partial charge on any atom is -0.445 e. The number of benzene rings is 3. The number of fused-ring (bicyclic) bond motifs is 1. The Kier molecular flexibility index (Phi) is 9.63. The number of para-hydroxylation sites is 1. The van der Waals surface area contributed by atoms with Gasteiger partial charge in [0.1, 0.15) is 24.3 Å². The van der Waals surface area contributed by atoms with E-state index in [9.17, 15) is 19.2 Å². The van der Waals surface area contributed by atoms with E-state index in [1.54, 1.807) is 6.92 Å². The van der Waals surface area contributed by atoms with Crippen LogP contribution in [-0.2, 0) is 50.4 Å². The molecule has 2 heterocycles. The van der Waals surface area contributed by atoms with Crippen LogP contribution in [0.25, 0.3) is 10.9 Å². The van der Waals surface area contributed by atoms with Crippen LogP contribution in [0.15, 0.2) is 91.1 Å². The zero-order valence-corrected chi connectivity index (χ0v) is 25.6. The van der Waals surface area contributed by atoms with Crippen molar-refractivity contribution in [3.8, 4) is 0 Å². The normalized spacial score (nSPS) is 17.5. The summed E-state index contributed by atoms with van der Waals surface area (Å²) in [7, 11) is 1.91. The molecule has 10 nitrogen and oxygen atoms in total. The third kappa shape index (κ3) is 7.96. The molecule has 4 unspecified atom stereocenters. The number of hydrogen-bond donors (Lipinski definition) is 3. The molecule has 0 saturated carbocycles. The molecule has 1 aromatic heterocycles. The third-order valence-electron chi connectivity index (χ3n) is 7.99. The number of aromatic nitrogens is 1. The zero-order valence-electron chi connectivity index (χ0n) is 25.6. The van der Waals surface area contributed by atoms with E-state index in [0.29, 0.717) is 0 Å². The molecule has 1 saturated heterocycles. The molecule has 1 aliphatic rings. The van der Waals surface area contributed by atoms with Gasteiger partial charge in [0.05, 0.1) is 12.6 Å². The van der Waals surface area contributed by atoms with E-state index in [2.05, 4.69) is 16.0 Å². The van der Waals surface area contributed by atoms with Gasteiger partial charge in [-0.1, -0.05) is 78.9 Å². The predicted octanol–water partition coefficient (Wildman–Crippen LogP) is 3.61. The highest BCUT2D eigenvalue weighted by Gasteiger charge is 2.50. The van der Waals surface area contributed by atoms with Crippen molar-refractivity contribution < 1.29 is 28.7 Å². The number of carbonyl (C=O) groups is 4. The zero-order chi connectivity index (χ0) is 32.0. The number of rotatable bonds is 13. The molecule has 0 radical (unpaired) electrons. The van der Waals surface area contributed by atoms with Crippen LogP contribution in [0.3, 0.4) is 0 Å². The minimum atomic E-state index is -1.05. The lowest BCUT2D eigenvalue weighted by Crippen LogP contribution is -2.57. The highest BCUT2D eigenvalue weighted by atomic mass is 16.6. The molecule has 0 bridgehead atoms. The first-order valence-electron chi connectivity index (χ1n) is 15.0. The van der Waals surface area contributed by atoms with E-state index < -0.39 is 41.6 Å². The Morgan fingerprint density at radius 1 is 0.822 bits per heavy atom. The van der Waals surface area contributed by atoms with Crippen LogP contribution in [-0.4, -0.2) is 58.6 Å². The number of alkyl carbamates (subject to hydrolysis) is 1. The number of Topliss-reactive ketones (excluding diaryl/α,β-unsaturated/α-hetero) is 1. The van der Waals surface area contributed by atoms with Crippen LogP contribution in [0.1, 0.15) is 30.5 Å². The Labute approximate surface area is 262 Å². The van der Waals surface area contributed by atoms with Crippen molar-refractivity contribution >= 4 is 34.6 Å². The van der Waals surface area contributed by atoms with Crippen molar-refractivity contribution in [2.24, 2.45) is 7.05 Å². The number of amides is 3. The van der Waals surface area contributed by atoms with Gasteiger partial charge in [-0.15, -0.1) is 0 Å². The van der Waals surface area contributed by atoms with Crippen LogP contribution in [0.2, 0.25) is 0 Å². The summed E-state index contributed by atoms with van der Waals surface area (Å²) in [5, 5.41) is 9.19. The number of hydrogen-bond acceptors (Lipinski definition) is 6. The van der Waals surface area contributed by atoms with Gasteiger partial charge >= 0.3 is 6.09 Å². The lowest BCUT2D eigenvalue weighted by molar-refractivity contribution is -0.133. The molecule has 3 amide bonds. The van der Waals surface area contributed by atoms with Gasteiger partial charge in [0.2, 0.25) is 11.8 Å². The predicted molar refractivity (Wildman–Crippen MR) is 169 cm³/mol. The average molecular weight is 611 g/mol. The maximum Gasteiger partial charge on any atom is 0.408 e. The number of epoxide rings is 1. The summed E-state index contributed by atoms with van der Waals surface area (Å²) < 4.78 is 12.6. The minimum absolute atomic E-state index is 0.0482. The van der Waals surface area contributed by atoms with Crippen molar-refractivity contribution in [2.45, 2.75) is 57.0 Å². The molecule has 5 rings (SSSR count). The van der Waals surface area contributed by atoms with Crippen LogP contribution in [0, 0.1) is 0 Å². The smallest absolute Gasteiger partial charge is 0.408 e. The SMILES string of the molecule is CC(NC(=O)OCc1ccccc1)C(=O)NC(Cc1cn(C)c2ccccc12)C(=O)NC(Cc1ccccc1)C(=O)C1(C)CO1. The molecule has 10 heteroatoms. The average Bonchev–Trinajstić information content (AvgIpc) is 3.73. The molecule has 0 aliphatic carbocycles. The van der Waals surface area contributed by atoms with Gasteiger partial charge in [-0.2, -0.15) is 0 Å². The molecule has 4 aromatic rings. The summed E-state index contributed by atoms with van der Waals surface area (Å²) in [6.07, 6.45) is 1.59. The van der Waals surface area contributed by atoms with E-state index >= 15 is 0 Å². The molecule has 45 heavy (non-hydrogen) atoms. The lowest BCUT2D eigenvalue weighted by atomic mass is 9.94. The summed E-state index contributed by atoms with van der Waals surface area (Å²) in [6.45, 7) is 3.55. The number of nitrogens with zero attached hydrogens (tertiary/aromatic N) is 1. The van der Waals surface area contributed by atoms with Gasteiger partial charge in [0.25, 0.3) is 0 Å². The van der Waals surface area contributed by atoms with Crippen LogP contribution < -0.4 is 16.0 Å². The molecule has 3 aromatic carbocycles. The summed E-state index contributed by atoms with van der Waals surface area (Å²) in [5.41, 5.74) is 2.55. The molecular weight excluding hydrogens is 572 g/mol. The monoisotopic (exact) mass is 610 g/mol. The van der Waals surface area contributed by atoms with Gasteiger partial charge in [-0.25, -0.2) is 4.79 Å². The Hall–Kier alpha value is -4.96. The van der Waals surface area contributed by atoms with Gasteiger partial charge in [0.15, 0.2) is 5.78 Å². The van der Waals surface area contributed by atoms with E-state index in [0.717, 1.165) is 27.6 Å². The standard InChI is InChI=1S/C35H38N4O6/c1-23(36-34(43)44-21-25-14-8-5-9-15-25)32(41)38-29(19-26-20-39(3)30-17-11-10-16-27(26)30)33(42)37-28(31(40)35(2)22-45-35)18-24-12-6-4-7-13-24/h4-17,20,23,28-29H,18-19,21-22H2,1-3H3,(H,36,43)(H,37,42)(H,38,41). The summed E-state index contributed by atoms with van der Waals surface area (Å²) in [4.78, 5) is 53.2. The number of ketones is 1. The molecule has 4 atom stereocenters. The van der Waals surface area contributed by atoms with Crippen molar-refractivity contribution in [2.75, 3.05) is 6.61 Å². The summed E-state index contributed by atoms with van der Waals surface area (Å²) >= 11 is 0. The molecule has 3 N–H and O–H groups in total.